The number of anilines is 1. The van der Waals surface area contributed by atoms with Crippen LogP contribution in [-0.4, -0.2) is 22.1 Å². The Morgan fingerprint density at radius 1 is 1.45 bits per heavy atom. The number of hydrogen-bond acceptors (Lipinski definition) is 3. The Hall–Kier alpha value is -2.37. The van der Waals surface area contributed by atoms with Gasteiger partial charge in [0.15, 0.2) is 5.82 Å². The molecule has 0 fully saturated rings. The summed E-state index contributed by atoms with van der Waals surface area (Å²) < 4.78 is 12.8. The Morgan fingerprint density at radius 2 is 2.10 bits per heavy atom. The van der Waals surface area contributed by atoms with Gasteiger partial charge in [-0.15, -0.1) is 0 Å². The van der Waals surface area contributed by atoms with Crippen LogP contribution in [0.25, 0.3) is 0 Å². The van der Waals surface area contributed by atoms with Crippen LogP contribution in [0.15, 0.2) is 24.3 Å². The van der Waals surface area contributed by atoms with Gasteiger partial charge in [0.05, 0.1) is 0 Å². The van der Waals surface area contributed by atoms with E-state index in [0.717, 1.165) is 5.56 Å². The fraction of sp³-hybridized carbons (Fsp3) is 0.286. The molecule has 0 aliphatic heterocycles. The van der Waals surface area contributed by atoms with Crippen LogP contribution in [-0.2, 0) is 6.42 Å². The fourth-order valence-corrected chi connectivity index (χ4v) is 2.06. The lowest BCUT2D eigenvalue weighted by molar-refractivity contribution is 0.0940. The highest BCUT2D eigenvalue weighted by atomic mass is 19.1. The summed E-state index contributed by atoms with van der Waals surface area (Å²) in [5.74, 6) is -0.343. The van der Waals surface area contributed by atoms with Crippen LogP contribution in [0.3, 0.4) is 0 Å². The molecule has 0 saturated carbocycles. The van der Waals surface area contributed by atoms with E-state index >= 15 is 0 Å². The first-order valence-electron chi connectivity index (χ1n) is 6.33. The standard InChI is InChI=1S/C14H17FN4O/c1-8(7-10-3-5-11(15)6-4-10)17-14(20)12-9(2)18-19-13(12)16/h3-6,8H,7H2,1-2H3,(H,17,20)(H3,16,18,19). The van der Waals surface area contributed by atoms with Crippen LogP contribution < -0.4 is 11.1 Å². The maximum Gasteiger partial charge on any atom is 0.257 e. The lowest BCUT2D eigenvalue weighted by Crippen LogP contribution is -2.34. The van der Waals surface area contributed by atoms with Gasteiger partial charge >= 0.3 is 0 Å². The van der Waals surface area contributed by atoms with Crippen molar-refractivity contribution < 1.29 is 9.18 Å². The van der Waals surface area contributed by atoms with Crippen LogP contribution in [0.4, 0.5) is 10.2 Å². The molecule has 20 heavy (non-hydrogen) atoms. The minimum atomic E-state index is -0.271. The quantitative estimate of drug-likeness (QED) is 0.796. The number of hydrogen-bond donors (Lipinski definition) is 3. The molecule has 0 radical (unpaired) electrons. The Kier molecular flexibility index (Phi) is 4.02. The Bertz CT molecular complexity index is 587. The van der Waals surface area contributed by atoms with E-state index in [1.54, 1.807) is 19.1 Å². The first-order valence-corrected chi connectivity index (χ1v) is 6.33. The molecule has 0 bridgehead atoms. The predicted molar refractivity (Wildman–Crippen MR) is 74.8 cm³/mol. The molecular formula is C14H17FN4O. The van der Waals surface area contributed by atoms with Crippen molar-refractivity contribution >= 4 is 11.7 Å². The number of nitrogens with two attached hydrogens (primary N) is 1. The molecule has 2 rings (SSSR count). The molecule has 5 nitrogen and oxygen atoms in total. The number of carbonyl (C=O) groups is 1. The minimum absolute atomic E-state index is 0.0957. The summed E-state index contributed by atoms with van der Waals surface area (Å²) >= 11 is 0. The number of aromatic nitrogens is 2. The smallest absolute Gasteiger partial charge is 0.257 e. The number of H-pyrrole nitrogens is 1. The molecular weight excluding hydrogens is 259 g/mol. The van der Waals surface area contributed by atoms with Crippen molar-refractivity contribution in [2.24, 2.45) is 0 Å². The number of halogens is 1. The van der Waals surface area contributed by atoms with Gasteiger partial charge in [0, 0.05) is 11.7 Å². The Labute approximate surface area is 116 Å². The Morgan fingerprint density at radius 3 is 2.65 bits per heavy atom. The second-order valence-corrected chi connectivity index (χ2v) is 4.81. The molecule has 2 aromatic rings. The second kappa shape index (κ2) is 5.73. The van der Waals surface area contributed by atoms with E-state index in [1.807, 2.05) is 6.92 Å². The monoisotopic (exact) mass is 276 g/mol. The first kappa shape index (κ1) is 14.0. The summed E-state index contributed by atoms with van der Waals surface area (Å²) in [6.45, 7) is 3.62. The van der Waals surface area contributed by atoms with E-state index in [1.165, 1.54) is 12.1 Å². The molecule has 4 N–H and O–H groups in total. The number of carbonyl (C=O) groups excluding carboxylic acids is 1. The molecule has 1 aromatic carbocycles. The maximum atomic E-state index is 12.8. The third kappa shape index (κ3) is 3.14. The third-order valence-electron chi connectivity index (χ3n) is 3.03. The highest BCUT2D eigenvalue weighted by molar-refractivity contribution is 5.99. The lowest BCUT2D eigenvalue weighted by atomic mass is 10.1. The molecule has 1 heterocycles. The van der Waals surface area contributed by atoms with Crippen molar-refractivity contribution in [2.75, 3.05) is 5.73 Å². The van der Waals surface area contributed by atoms with Crippen molar-refractivity contribution in [3.05, 3.63) is 46.9 Å². The van der Waals surface area contributed by atoms with E-state index in [4.69, 9.17) is 5.73 Å². The zero-order chi connectivity index (χ0) is 14.7. The van der Waals surface area contributed by atoms with Gasteiger partial charge in [-0.3, -0.25) is 9.89 Å². The zero-order valence-electron chi connectivity index (χ0n) is 11.4. The summed E-state index contributed by atoms with van der Waals surface area (Å²) in [5.41, 5.74) is 7.60. The van der Waals surface area contributed by atoms with E-state index in [2.05, 4.69) is 15.5 Å². The number of nitrogen functional groups attached to an aromatic ring is 1. The zero-order valence-corrected chi connectivity index (χ0v) is 11.4. The summed E-state index contributed by atoms with van der Waals surface area (Å²) in [5, 5.41) is 9.31. The van der Waals surface area contributed by atoms with Gasteiger partial charge in [-0.2, -0.15) is 5.10 Å². The highest BCUT2D eigenvalue weighted by Crippen LogP contribution is 2.13. The van der Waals surface area contributed by atoms with E-state index < -0.39 is 0 Å². The SMILES string of the molecule is Cc1[nH]nc(N)c1C(=O)NC(C)Cc1ccc(F)cc1. The molecule has 0 aliphatic carbocycles. The van der Waals surface area contributed by atoms with Crippen molar-refractivity contribution in [2.45, 2.75) is 26.3 Å². The molecule has 1 amide bonds. The van der Waals surface area contributed by atoms with Crippen molar-refractivity contribution in [3.63, 3.8) is 0 Å². The molecule has 0 aliphatic rings. The van der Waals surface area contributed by atoms with Gasteiger partial charge in [-0.25, -0.2) is 4.39 Å². The summed E-state index contributed by atoms with van der Waals surface area (Å²) in [7, 11) is 0. The molecule has 6 heteroatoms. The molecule has 1 atom stereocenters. The second-order valence-electron chi connectivity index (χ2n) is 4.81. The fourth-order valence-electron chi connectivity index (χ4n) is 2.06. The molecule has 1 aromatic heterocycles. The number of nitrogens with zero attached hydrogens (tertiary/aromatic N) is 1. The third-order valence-corrected chi connectivity index (χ3v) is 3.03. The van der Waals surface area contributed by atoms with Gasteiger partial charge < -0.3 is 11.1 Å². The number of aromatic amines is 1. The van der Waals surface area contributed by atoms with Gasteiger partial charge in [0.1, 0.15) is 11.4 Å². The average Bonchev–Trinajstić information content (AvgIpc) is 2.72. The van der Waals surface area contributed by atoms with Gasteiger partial charge in [-0.05, 0) is 38.0 Å². The summed E-state index contributed by atoms with van der Waals surface area (Å²) in [6.07, 6.45) is 0.614. The number of benzene rings is 1. The van der Waals surface area contributed by atoms with E-state index in [0.29, 0.717) is 17.7 Å². The lowest BCUT2D eigenvalue weighted by Gasteiger charge is -2.14. The van der Waals surface area contributed by atoms with E-state index in [-0.39, 0.29) is 23.6 Å². The number of rotatable bonds is 4. The van der Waals surface area contributed by atoms with Gasteiger partial charge in [0.25, 0.3) is 5.91 Å². The largest absolute Gasteiger partial charge is 0.382 e. The molecule has 0 saturated heterocycles. The number of amides is 1. The van der Waals surface area contributed by atoms with Crippen molar-refractivity contribution in [1.29, 1.82) is 0 Å². The summed E-state index contributed by atoms with van der Waals surface area (Å²) in [6, 6.07) is 6.12. The van der Waals surface area contributed by atoms with Gasteiger partial charge in [-0.1, -0.05) is 12.1 Å². The first-order chi connectivity index (χ1) is 9.47. The normalized spacial score (nSPS) is 12.2. The Balaban J connectivity index is 1.99. The minimum Gasteiger partial charge on any atom is -0.382 e. The van der Waals surface area contributed by atoms with Crippen LogP contribution in [0.2, 0.25) is 0 Å². The van der Waals surface area contributed by atoms with Crippen LogP contribution in [0.1, 0.15) is 28.5 Å². The van der Waals surface area contributed by atoms with Crippen LogP contribution in [0, 0.1) is 12.7 Å². The van der Waals surface area contributed by atoms with Gasteiger partial charge in [0.2, 0.25) is 0 Å². The average molecular weight is 276 g/mol. The highest BCUT2D eigenvalue weighted by Gasteiger charge is 2.17. The summed E-state index contributed by atoms with van der Waals surface area (Å²) in [4.78, 5) is 12.1. The topological polar surface area (TPSA) is 83.8 Å². The van der Waals surface area contributed by atoms with Crippen LogP contribution >= 0.6 is 0 Å². The maximum absolute atomic E-state index is 12.8. The molecule has 0 spiro atoms. The van der Waals surface area contributed by atoms with Crippen LogP contribution in [0.5, 0.6) is 0 Å². The number of nitrogens with one attached hydrogen (secondary N) is 2. The van der Waals surface area contributed by atoms with Crippen molar-refractivity contribution in [3.8, 4) is 0 Å². The molecule has 1 unspecified atom stereocenters. The predicted octanol–water partition coefficient (Wildman–Crippen LogP) is 1.80. The number of aryl methyl sites for hydroxylation is 1. The molecule has 106 valence electrons. The van der Waals surface area contributed by atoms with E-state index in [9.17, 15) is 9.18 Å². The van der Waals surface area contributed by atoms with Crippen molar-refractivity contribution in [1.82, 2.24) is 15.5 Å².